The van der Waals surface area contributed by atoms with Crippen molar-refractivity contribution < 1.29 is 4.79 Å². The number of amides is 1. The largest absolute Gasteiger partial charge is 0.324 e. The summed E-state index contributed by atoms with van der Waals surface area (Å²) in [6.07, 6.45) is 3.88. The molecule has 6 nitrogen and oxygen atoms in total. The van der Waals surface area contributed by atoms with Crippen LogP contribution < -0.4 is 5.32 Å². The molecule has 0 saturated carbocycles. The lowest BCUT2D eigenvalue weighted by atomic mass is 10.2. The van der Waals surface area contributed by atoms with Gasteiger partial charge < -0.3 is 9.88 Å². The van der Waals surface area contributed by atoms with E-state index in [-0.39, 0.29) is 16.6 Å². The van der Waals surface area contributed by atoms with Crippen LogP contribution in [0.15, 0.2) is 67.0 Å². The first-order chi connectivity index (χ1) is 13.5. The van der Waals surface area contributed by atoms with Crippen molar-refractivity contribution in [2.75, 3.05) is 5.32 Å². The van der Waals surface area contributed by atoms with E-state index in [1.807, 2.05) is 73.3 Å². The van der Waals surface area contributed by atoms with Crippen LogP contribution in [0, 0.1) is 13.8 Å². The van der Waals surface area contributed by atoms with Gasteiger partial charge in [0.25, 0.3) is 5.91 Å². The highest BCUT2D eigenvalue weighted by Gasteiger charge is 2.16. The molecule has 4 aromatic rings. The Morgan fingerprint density at radius 3 is 2.54 bits per heavy atom. The molecule has 140 valence electrons. The molecule has 0 unspecified atom stereocenters. The van der Waals surface area contributed by atoms with Crippen molar-refractivity contribution in [2.24, 2.45) is 0 Å². The topological polar surface area (TPSA) is 64.7 Å². The van der Waals surface area contributed by atoms with Crippen LogP contribution in [0.4, 0.5) is 5.69 Å². The van der Waals surface area contributed by atoms with E-state index < -0.39 is 0 Å². The standard InChI is InChI=1S/C21H18ClN5O/c1-14-12-15(2)27(25-14)19-9-8-18(22)20(24-19)21(28)23-16-6-5-7-17(13-16)26-10-3-4-11-26/h3-13H,1-2H3,(H,23,28). The van der Waals surface area contributed by atoms with Crippen LogP contribution in [0.3, 0.4) is 0 Å². The molecule has 0 spiro atoms. The average molecular weight is 392 g/mol. The van der Waals surface area contributed by atoms with Crippen molar-refractivity contribution in [1.82, 2.24) is 19.3 Å². The van der Waals surface area contributed by atoms with E-state index >= 15 is 0 Å². The molecule has 1 aromatic carbocycles. The lowest BCUT2D eigenvalue weighted by molar-refractivity contribution is 0.102. The number of anilines is 1. The van der Waals surface area contributed by atoms with Gasteiger partial charge in [-0.05, 0) is 62.4 Å². The van der Waals surface area contributed by atoms with Gasteiger partial charge in [-0.3, -0.25) is 4.79 Å². The van der Waals surface area contributed by atoms with Crippen molar-refractivity contribution in [1.29, 1.82) is 0 Å². The zero-order valence-electron chi connectivity index (χ0n) is 15.4. The molecular formula is C21H18ClN5O. The van der Waals surface area contributed by atoms with Gasteiger partial charge in [0.1, 0.15) is 5.69 Å². The molecule has 4 rings (SSSR count). The van der Waals surface area contributed by atoms with E-state index in [1.165, 1.54) is 0 Å². The molecule has 0 radical (unpaired) electrons. The molecule has 0 atom stereocenters. The maximum atomic E-state index is 12.8. The Kier molecular flexibility index (Phi) is 4.71. The van der Waals surface area contributed by atoms with E-state index in [4.69, 9.17) is 11.6 Å². The molecule has 0 aliphatic carbocycles. The van der Waals surface area contributed by atoms with Gasteiger partial charge in [-0.25, -0.2) is 9.67 Å². The summed E-state index contributed by atoms with van der Waals surface area (Å²) in [5, 5.41) is 7.56. The first-order valence-electron chi connectivity index (χ1n) is 8.76. The van der Waals surface area contributed by atoms with E-state index in [0.717, 1.165) is 17.1 Å². The number of hydrogen-bond donors (Lipinski definition) is 1. The highest BCUT2D eigenvalue weighted by Crippen LogP contribution is 2.20. The summed E-state index contributed by atoms with van der Waals surface area (Å²) in [6, 6.07) is 16.8. The number of hydrogen-bond acceptors (Lipinski definition) is 3. The molecule has 0 aliphatic rings. The number of carbonyl (C=O) groups is 1. The summed E-state index contributed by atoms with van der Waals surface area (Å²) in [5.74, 6) is 0.166. The quantitative estimate of drug-likeness (QED) is 0.553. The highest BCUT2D eigenvalue weighted by molar-refractivity contribution is 6.34. The van der Waals surface area contributed by atoms with Crippen LogP contribution >= 0.6 is 11.6 Å². The van der Waals surface area contributed by atoms with Crippen LogP contribution in [0.25, 0.3) is 11.5 Å². The summed E-state index contributed by atoms with van der Waals surface area (Å²) in [7, 11) is 0. The third-order valence-corrected chi connectivity index (χ3v) is 4.58. The third-order valence-electron chi connectivity index (χ3n) is 4.28. The van der Waals surface area contributed by atoms with Gasteiger partial charge in [0.05, 0.1) is 10.7 Å². The first kappa shape index (κ1) is 18.0. The monoisotopic (exact) mass is 391 g/mol. The summed E-state index contributed by atoms with van der Waals surface area (Å²) in [6.45, 7) is 3.84. The van der Waals surface area contributed by atoms with Crippen LogP contribution in [0.2, 0.25) is 5.02 Å². The van der Waals surface area contributed by atoms with Crippen molar-refractivity contribution in [3.05, 3.63) is 89.1 Å². The number of aromatic nitrogens is 4. The number of rotatable bonds is 4. The molecular weight excluding hydrogens is 374 g/mol. The molecule has 1 N–H and O–H groups in total. The second kappa shape index (κ2) is 7.32. The van der Waals surface area contributed by atoms with Crippen LogP contribution in [-0.4, -0.2) is 25.2 Å². The Hall–Kier alpha value is -3.38. The van der Waals surface area contributed by atoms with Crippen molar-refractivity contribution in [3.8, 4) is 11.5 Å². The Balaban J connectivity index is 1.63. The van der Waals surface area contributed by atoms with Gasteiger partial charge >= 0.3 is 0 Å². The minimum atomic E-state index is -0.377. The molecule has 3 aromatic heterocycles. The second-order valence-electron chi connectivity index (χ2n) is 6.43. The van der Waals surface area contributed by atoms with E-state index in [9.17, 15) is 4.79 Å². The molecule has 0 bridgehead atoms. The van der Waals surface area contributed by atoms with Gasteiger partial charge in [0.15, 0.2) is 5.82 Å². The van der Waals surface area contributed by atoms with E-state index in [2.05, 4.69) is 15.4 Å². The molecule has 1 amide bonds. The van der Waals surface area contributed by atoms with E-state index in [1.54, 1.807) is 16.8 Å². The molecule has 0 saturated heterocycles. The Bertz CT molecular complexity index is 1150. The fraction of sp³-hybridized carbons (Fsp3) is 0.0952. The molecule has 7 heteroatoms. The fourth-order valence-corrected chi connectivity index (χ4v) is 3.20. The smallest absolute Gasteiger partial charge is 0.275 e. The second-order valence-corrected chi connectivity index (χ2v) is 6.84. The summed E-state index contributed by atoms with van der Waals surface area (Å²) < 4.78 is 3.65. The van der Waals surface area contributed by atoms with Gasteiger partial charge in [0, 0.05) is 29.5 Å². The number of aryl methyl sites for hydroxylation is 2. The first-order valence-corrected chi connectivity index (χ1v) is 9.14. The Morgan fingerprint density at radius 2 is 1.82 bits per heavy atom. The number of pyridine rings is 1. The van der Waals surface area contributed by atoms with Crippen LogP contribution in [0.1, 0.15) is 21.9 Å². The predicted molar refractivity (Wildman–Crippen MR) is 110 cm³/mol. The maximum absolute atomic E-state index is 12.8. The van der Waals surface area contributed by atoms with Crippen molar-refractivity contribution in [3.63, 3.8) is 0 Å². The predicted octanol–water partition coefficient (Wildman–Crippen LogP) is 4.58. The van der Waals surface area contributed by atoms with Crippen LogP contribution in [0.5, 0.6) is 0 Å². The normalized spacial score (nSPS) is 10.8. The number of halogens is 1. The van der Waals surface area contributed by atoms with Gasteiger partial charge in [-0.15, -0.1) is 0 Å². The number of carbonyl (C=O) groups excluding carboxylic acids is 1. The zero-order valence-corrected chi connectivity index (χ0v) is 16.2. The third kappa shape index (κ3) is 3.54. The van der Waals surface area contributed by atoms with E-state index in [0.29, 0.717) is 11.5 Å². The average Bonchev–Trinajstić information content (AvgIpc) is 3.32. The zero-order chi connectivity index (χ0) is 19.7. The molecule has 0 aliphatic heterocycles. The summed E-state index contributed by atoms with van der Waals surface area (Å²) in [4.78, 5) is 17.2. The minimum Gasteiger partial charge on any atom is -0.324 e. The van der Waals surface area contributed by atoms with Gasteiger partial charge in [0.2, 0.25) is 0 Å². The number of nitrogens with one attached hydrogen (secondary N) is 1. The van der Waals surface area contributed by atoms with Crippen molar-refractivity contribution in [2.45, 2.75) is 13.8 Å². The van der Waals surface area contributed by atoms with Crippen molar-refractivity contribution >= 4 is 23.2 Å². The van der Waals surface area contributed by atoms with Crippen LogP contribution in [-0.2, 0) is 0 Å². The maximum Gasteiger partial charge on any atom is 0.275 e. The molecule has 0 fully saturated rings. The minimum absolute atomic E-state index is 0.151. The lowest BCUT2D eigenvalue weighted by Gasteiger charge is -2.10. The van der Waals surface area contributed by atoms with Gasteiger partial charge in [-0.1, -0.05) is 17.7 Å². The fourth-order valence-electron chi connectivity index (χ4n) is 3.01. The van der Waals surface area contributed by atoms with Gasteiger partial charge in [-0.2, -0.15) is 5.10 Å². The highest BCUT2D eigenvalue weighted by atomic mass is 35.5. The molecule has 3 heterocycles. The summed E-state index contributed by atoms with van der Waals surface area (Å²) >= 11 is 6.25. The Labute approximate surface area is 167 Å². The number of nitrogens with zero attached hydrogens (tertiary/aromatic N) is 4. The summed E-state index contributed by atoms with van der Waals surface area (Å²) in [5.41, 5.74) is 3.56. The SMILES string of the molecule is Cc1cc(C)n(-c2ccc(Cl)c(C(=O)Nc3cccc(-n4cccc4)c3)n2)n1. The number of benzene rings is 1. The molecule has 28 heavy (non-hydrogen) atoms. The lowest BCUT2D eigenvalue weighted by Crippen LogP contribution is -2.16. The Morgan fingerprint density at radius 1 is 1.04 bits per heavy atom.